The van der Waals surface area contributed by atoms with Gasteiger partial charge < -0.3 is 0 Å². The van der Waals surface area contributed by atoms with Crippen molar-refractivity contribution in [2.45, 2.75) is 18.0 Å². The summed E-state index contributed by atoms with van der Waals surface area (Å²) in [6.07, 6.45) is -1.28. The molecule has 0 radical (unpaired) electrons. The van der Waals surface area contributed by atoms with Crippen LogP contribution in [0.5, 0.6) is 0 Å². The van der Waals surface area contributed by atoms with E-state index in [1.54, 1.807) is 18.2 Å². The number of hydrogen-bond donors (Lipinski definition) is 1. The zero-order valence-electron chi connectivity index (χ0n) is 12.8. The van der Waals surface area contributed by atoms with Crippen LogP contribution in [0.1, 0.15) is 16.7 Å². The fourth-order valence-electron chi connectivity index (χ4n) is 1.94. The standard InChI is InChI=1S/C17H16F3NO2S/c1-13-4-10-16(11-5-13)24(22,23)21-12-2-3-14-6-8-15(9-7-14)17(18,19)20/h2-11,21H,12H2,1H3/b3-2+. The van der Waals surface area contributed by atoms with Crippen LogP contribution in [0.3, 0.4) is 0 Å². The van der Waals surface area contributed by atoms with Gasteiger partial charge in [-0.1, -0.05) is 42.0 Å². The number of rotatable bonds is 5. The van der Waals surface area contributed by atoms with Crippen molar-refractivity contribution in [2.24, 2.45) is 0 Å². The van der Waals surface area contributed by atoms with Gasteiger partial charge in [-0.15, -0.1) is 0 Å². The third kappa shape index (κ3) is 4.94. The van der Waals surface area contributed by atoms with Gasteiger partial charge in [-0.3, -0.25) is 0 Å². The van der Waals surface area contributed by atoms with E-state index in [9.17, 15) is 21.6 Å². The highest BCUT2D eigenvalue weighted by molar-refractivity contribution is 7.89. The molecule has 0 aliphatic heterocycles. The second-order valence-electron chi connectivity index (χ2n) is 5.19. The van der Waals surface area contributed by atoms with Crippen LogP contribution in [0.4, 0.5) is 13.2 Å². The summed E-state index contributed by atoms with van der Waals surface area (Å²) in [5, 5.41) is 0. The zero-order chi connectivity index (χ0) is 17.8. The highest BCUT2D eigenvalue weighted by Crippen LogP contribution is 2.29. The van der Waals surface area contributed by atoms with Crippen LogP contribution >= 0.6 is 0 Å². The van der Waals surface area contributed by atoms with E-state index in [-0.39, 0.29) is 11.4 Å². The van der Waals surface area contributed by atoms with Crippen LogP contribution in [0.25, 0.3) is 6.08 Å². The molecule has 24 heavy (non-hydrogen) atoms. The molecule has 0 amide bonds. The molecule has 0 saturated heterocycles. The number of hydrogen-bond acceptors (Lipinski definition) is 2. The first-order chi connectivity index (χ1) is 11.2. The minimum absolute atomic E-state index is 0.0389. The van der Waals surface area contributed by atoms with E-state index in [1.165, 1.54) is 30.3 Å². The Bertz CT molecular complexity index is 808. The smallest absolute Gasteiger partial charge is 0.207 e. The first kappa shape index (κ1) is 18.2. The fourth-order valence-corrected chi connectivity index (χ4v) is 2.91. The lowest BCUT2D eigenvalue weighted by atomic mass is 10.1. The second kappa shape index (κ2) is 7.19. The molecule has 3 nitrogen and oxygen atoms in total. The monoisotopic (exact) mass is 355 g/mol. The number of halogens is 3. The van der Waals surface area contributed by atoms with Crippen molar-refractivity contribution in [3.8, 4) is 0 Å². The van der Waals surface area contributed by atoms with Crippen molar-refractivity contribution >= 4 is 16.1 Å². The molecule has 0 bridgehead atoms. The van der Waals surface area contributed by atoms with Gasteiger partial charge in [-0.05, 0) is 36.8 Å². The first-order valence-electron chi connectivity index (χ1n) is 7.09. The molecule has 2 aromatic carbocycles. The Hall–Kier alpha value is -2.12. The Labute approximate surface area is 138 Å². The molecule has 2 aromatic rings. The number of sulfonamides is 1. The lowest BCUT2D eigenvalue weighted by molar-refractivity contribution is -0.137. The van der Waals surface area contributed by atoms with Crippen LogP contribution in [-0.2, 0) is 16.2 Å². The van der Waals surface area contributed by atoms with Gasteiger partial charge in [0.15, 0.2) is 0 Å². The van der Waals surface area contributed by atoms with E-state index in [2.05, 4.69) is 4.72 Å². The van der Waals surface area contributed by atoms with Crippen molar-refractivity contribution in [3.63, 3.8) is 0 Å². The molecule has 0 atom stereocenters. The number of nitrogens with one attached hydrogen (secondary N) is 1. The molecular formula is C17H16F3NO2S. The Morgan fingerprint density at radius 2 is 1.58 bits per heavy atom. The van der Waals surface area contributed by atoms with E-state index in [1.807, 2.05) is 6.92 Å². The molecule has 0 fully saturated rings. The lowest BCUT2D eigenvalue weighted by Crippen LogP contribution is -2.23. The Kier molecular flexibility index (Phi) is 5.46. The van der Waals surface area contributed by atoms with Crippen molar-refractivity contribution in [1.82, 2.24) is 4.72 Å². The number of alkyl halides is 3. The van der Waals surface area contributed by atoms with Crippen LogP contribution in [0.2, 0.25) is 0 Å². The maximum Gasteiger partial charge on any atom is 0.416 e. The minimum Gasteiger partial charge on any atom is -0.207 e. The summed E-state index contributed by atoms with van der Waals surface area (Å²) in [7, 11) is -3.61. The largest absolute Gasteiger partial charge is 0.416 e. The fraction of sp³-hybridized carbons (Fsp3) is 0.176. The van der Waals surface area contributed by atoms with Gasteiger partial charge in [-0.2, -0.15) is 13.2 Å². The maximum atomic E-state index is 12.4. The van der Waals surface area contributed by atoms with Crippen LogP contribution < -0.4 is 4.72 Å². The number of benzene rings is 2. The van der Waals surface area contributed by atoms with E-state index in [0.29, 0.717) is 5.56 Å². The van der Waals surface area contributed by atoms with Crippen molar-refractivity contribution in [2.75, 3.05) is 6.54 Å². The minimum atomic E-state index is -4.37. The summed E-state index contributed by atoms with van der Waals surface area (Å²) < 4.78 is 63.8. The third-order valence-electron chi connectivity index (χ3n) is 3.27. The first-order valence-corrected chi connectivity index (χ1v) is 8.57. The van der Waals surface area contributed by atoms with E-state index < -0.39 is 21.8 Å². The van der Waals surface area contributed by atoms with Gasteiger partial charge in [0.1, 0.15) is 0 Å². The predicted molar refractivity (Wildman–Crippen MR) is 86.8 cm³/mol. The predicted octanol–water partition coefficient (Wildman–Crippen LogP) is 4.01. The zero-order valence-corrected chi connectivity index (χ0v) is 13.7. The Balaban J connectivity index is 1.96. The molecular weight excluding hydrogens is 339 g/mol. The van der Waals surface area contributed by atoms with Gasteiger partial charge >= 0.3 is 6.18 Å². The molecule has 0 heterocycles. The molecule has 1 N–H and O–H groups in total. The molecule has 2 rings (SSSR count). The van der Waals surface area contributed by atoms with Gasteiger partial charge in [0, 0.05) is 6.54 Å². The topological polar surface area (TPSA) is 46.2 Å². The highest BCUT2D eigenvalue weighted by Gasteiger charge is 2.29. The molecule has 0 aliphatic carbocycles. The summed E-state index contributed by atoms with van der Waals surface area (Å²) in [5.74, 6) is 0. The van der Waals surface area contributed by atoms with Gasteiger partial charge in [-0.25, -0.2) is 13.1 Å². The van der Waals surface area contributed by atoms with E-state index in [0.717, 1.165) is 17.7 Å². The van der Waals surface area contributed by atoms with Crippen molar-refractivity contribution in [3.05, 3.63) is 71.3 Å². The van der Waals surface area contributed by atoms with Crippen LogP contribution in [-0.4, -0.2) is 15.0 Å². The maximum absolute atomic E-state index is 12.4. The molecule has 0 aliphatic rings. The lowest BCUT2D eigenvalue weighted by Gasteiger charge is -2.06. The third-order valence-corrected chi connectivity index (χ3v) is 4.71. The highest BCUT2D eigenvalue weighted by atomic mass is 32.2. The molecule has 128 valence electrons. The second-order valence-corrected chi connectivity index (χ2v) is 6.95. The molecule has 0 aromatic heterocycles. The van der Waals surface area contributed by atoms with Crippen LogP contribution in [0.15, 0.2) is 59.5 Å². The average molecular weight is 355 g/mol. The molecule has 0 spiro atoms. The normalized spacial score (nSPS) is 12.7. The summed E-state index contributed by atoms with van der Waals surface area (Å²) in [5.41, 5.74) is 0.786. The number of aryl methyl sites for hydroxylation is 1. The van der Waals surface area contributed by atoms with Crippen molar-refractivity contribution < 1.29 is 21.6 Å². The summed E-state index contributed by atoms with van der Waals surface area (Å²) >= 11 is 0. The van der Waals surface area contributed by atoms with Gasteiger partial charge in [0.05, 0.1) is 10.5 Å². The average Bonchev–Trinajstić information content (AvgIpc) is 2.52. The van der Waals surface area contributed by atoms with E-state index >= 15 is 0 Å². The van der Waals surface area contributed by atoms with E-state index in [4.69, 9.17) is 0 Å². The quantitative estimate of drug-likeness (QED) is 0.881. The molecule has 0 saturated carbocycles. The summed E-state index contributed by atoms with van der Waals surface area (Å²) in [4.78, 5) is 0.163. The van der Waals surface area contributed by atoms with Crippen molar-refractivity contribution in [1.29, 1.82) is 0 Å². The summed E-state index contributed by atoms with van der Waals surface area (Å²) in [6, 6.07) is 11.0. The Morgan fingerprint density at radius 3 is 2.12 bits per heavy atom. The molecule has 7 heteroatoms. The molecule has 0 unspecified atom stereocenters. The van der Waals surface area contributed by atoms with Gasteiger partial charge in [0.2, 0.25) is 10.0 Å². The van der Waals surface area contributed by atoms with Gasteiger partial charge in [0.25, 0.3) is 0 Å². The summed E-state index contributed by atoms with van der Waals surface area (Å²) in [6.45, 7) is 1.90. The SMILES string of the molecule is Cc1ccc(S(=O)(=O)NC/C=C/c2ccc(C(F)(F)F)cc2)cc1. The Morgan fingerprint density at radius 1 is 1.00 bits per heavy atom. The van der Waals surface area contributed by atoms with Crippen LogP contribution in [0, 0.1) is 6.92 Å².